The van der Waals surface area contributed by atoms with Crippen LogP contribution in [0, 0.1) is 12.3 Å². The largest absolute Gasteiger partial charge is 0.491 e. The number of amides is 3. The Bertz CT molecular complexity index is 2280. The fourth-order valence-electron chi connectivity index (χ4n) is 7.16. The standard InChI is InChI=1S/C47H60N6O9S2/c1-30(32-7-9-33(10-8-32)42-31(2)49-29-63-42)50-44(56)39-25-36(54)27-53(39)46(57)43(47(3,4)5)52-41(55)28-61-22-21-59-18-17-58-19-20-60-23-24-62-37-15-16-38-40(26-37)64-45(51-38)34-11-13-35(48-6)14-12-34/h7-16,26,29-30,36,39,43,48,54H,17-25,27-28H2,1-6H3,(H,50,56)(H,52,55)/t30?,36-,39+,43?/m1/s1. The molecule has 0 saturated carbocycles. The van der Waals surface area contributed by atoms with E-state index in [2.05, 4.69) is 33.1 Å². The zero-order chi connectivity index (χ0) is 45.6. The summed E-state index contributed by atoms with van der Waals surface area (Å²) >= 11 is 3.20. The number of ether oxygens (including phenoxy) is 5. The van der Waals surface area contributed by atoms with Crippen molar-refractivity contribution >= 4 is 56.3 Å². The van der Waals surface area contributed by atoms with Gasteiger partial charge in [0.1, 0.15) is 36.1 Å². The van der Waals surface area contributed by atoms with Crippen LogP contribution in [0.25, 0.3) is 31.2 Å². The Kier molecular flexibility index (Phi) is 17.6. The summed E-state index contributed by atoms with van der Waals surface area (Å²) < 4.78 is 29.3. The maximum atomic E-state index is 14.0. The highest BCUT2D eigenvalue weighted by atomic mass is 32.1. The molecule has 6 rings (SSSR count). The van der Waals surface area contributed by atoms with Gasteiger partial charge >= 0.3 is 0 Å². The van der Waals surface area contributed by atoms with Crippen molar-refractivity contribution in [2.75, 3.05) is 78.4 Å². The summed E-state index contributed by atoms with van der Waals surface area (Å²) in [5.41, 5.74) is 7.10. The van der Waals surface area contributed by atoms with Crippen molar-refractivity contribution in [3.63, 3.8) is 0 Å². The minimum atomic E-state index is -0.963. The monoisotopic (exact) mass is 916 g/mol. The summed E-state index contributed by atoms with van der Waals surface area (Å²) in [4.78, 5) is 52.1. The second-order valence-corrected chi connectivity index (χ2v) is 18.5. The predicted octanol–water partition coefficient (Wildman–Crippen LogP) is 6.25. The molecule has 2 unspecified atom stereocenters. The van der Waals surface area contributed by atoms with Crippen molar-refractivity contribution in [3.05, 3.63) is 83.5 Å². The lowest BCUT2D eigenvalue weighted by molar-refractivity contribution is -0.144. The average molecular weight is 917 g/mol. The molecule has 1 saturated heterocycles. The molecule has 4 N–H and O–H groups in total. The molecule has 4 atom stereocenters. The van der Waals surface area contributed by atoms with E-state index >= 15 is 0 Å². The number of likely N-dealkylation sites (tertiary alicyclic amines) is 1. The molecule has 1 aliphatic rings. The number of nitrogens with one attached hydrogen (secondary N) is 3. The Morgan fingerprint density at radius 3 is 2.12 bits per heavy atom. The van der Waals surface area contributed by atoms with E-state index in [-0.39, 0.29) is 44.7 Å². The second kappa shape index (κ2) is 23.3. The number of carbonyl (C=O) groups excluding carboxylic acids is 3. The number of hydrogen-bond acceptors (Lipinski definition) is 14. The number of rotatable bonds is 23. The minimum Gasteiger partial charge on any atom is -0.491 e. The predicted molar refractivity (Wildman–Crippen MR) is 250 cm³/mol. The van der Waals surface area contributed by atoms with E-state index in [1.165, 1.54) is 4.90 Å². The molecule has 0 radical (unpaired) electrons. The Labute approximate surface area is 382 Å². The molecule has 1 fully saturated rings. The van der Waals surface area contributed by atoms with Gasteiger partial charge in [0.15, 0.2) is 0 Å². The molecule has 0 bridgehead atoms. The number of thiazole rings is 2. The number of hydrogen-bond donors (Lipinski definition) is 4. The molecule has 17 heteroatoms. The summed E-state index contributed by atoms with van der Waals surface area (Å²) in [5, 5.41) is 20.5. The van der Waals surface area contributed by atoms with Gasteiger partial charge < -0.3 is 49.6 Å². The number of aromatic nitrogens is 2. The van der Waals surface area contributed by atoms with Crippen LogP contribution in [-0.2, 0) is 33.3 Å². The number of benzene rings is 3. The third kappa shape index (κ3) is 13.5. The Balaban J connectivity index is 0.820. The molecule has 5 aromatic rings. The topological polar surface area (TPSA) is 183 Å². The molecule has 3 heterocycles. The molecule has 0 aliphatic carbocycles. The third-order valence-corrected chi connectivity index (χ3v) is 12.7. The van der Waals surface area contributed by atoms with Crippen molar-refractivity contribution in [3.8, 4) is 26.8 Å². The molecule has 15 nitrogen and oxygen atoms in total. The molecule has 344 valence electrons. The van der Waals surface area contributed by atoms with Gasteiger partial charge in [0.25, 0.3) is 0 Å². The van der Waals surface area contributed by atoms with Gasteiger partial charge in [0.05, 0.1) is 84.7 Å². The van der Waals surface area contributed by atoms with Crippen LogP contribution in [-0.4, -0.2) is 129 Å². The fraction of sp³-hybridized carbons (Fsp3) is 0.468. The van der Waals surface area contributed by atoms with Crippen LogP contribution in [0.3, 0.4) is 0 Å². The van der Waals surface area contributed by atoms with Gasteiger partial charge in [-0.1, -0.05) is 45.0 Å². The van der Waals surface area contributed by atoms with Crippen LogP contribution >= 0.6 is 22.7 Å². The van der Waals surface area contributed by atoms with E-state index < -0.39 is 35.4 Å². The lowest BCUT2D eigenvalue weighted by atomic mass is 9.85. The SMILES string of the molecule is CNc1ccc(-c2nc3ccc(OCCOCCOCCOCCOCC(=O)NC(C(=O)N4C[C@H](O)C[C@H]4C(=O)NC(C)c4ccc(-c5scnc5C)cc4)C(C)(C)C)cc3s2)cc1. The van der Waals surface area contributed by atoms with Crippen molar-refractivity contribution < 1.29 is 43.2 Å². The Morgan fingerprint density at radius 1 is 0.859 bits per heavy atom. The van der Waals surface area contributed by atoms with E-state index in [0.29, 0.717) is 39.6 Å². The first kappa shape index (κ1) is 48.4. The molecule has 64 heavy (non-hydrogen) atoms. The van der Waals surface area contributed by atoms with Crippen LogP contribution in [0.2, 0.25) is 0 Å². The number of aliphatic hydroxyl groups excluding tert-OH is 1. The quantitative estimate of drug-likeness (QED) is 0.0542. The van der Waals surface area contributed by atoms with Gasteiger partial charge in [-0.2, -0.15) is 0 Å². The van der Waals surface area contributed by atoms with Gasteiger partial charge in [0.2, 0.25) is 17.7 Å². The molecule has 3 amide bonds. The first-order valence-corrected chi connectivity index (χ1v) is 23.2. The lowest BCUT2D eigenvalue weighted by Crippen LogP contribution is -2.58. The maximum absolute atomic E-state index is 14.0. The summed E-state index contributed by atoms with van der Waals surface area (Å²) in [6, 6.07) is 19.8. The number of carbonyl (C=O) groups is 3. The maximum Gasteiger partial charge on any atom is 0.246 e. The molecule has 3 aromatic carbocycles. The van der Waals surface area contributed by atoms with Crippen LogP contribution in [0.4, 0.5) is 5.69 Å². The van der Waals surface area contributed by atoms with Crippen molar-refractivity contribution in [1.82, 2.24) is 25.5 Å². The van der Waals surface area contributed by atoms with Crippen LogP contribution in [0.1, 0.15) is 51.4 Å². The lowest BCUT2D eigenvalue weighted by Gasteiger charge is -2.35. The number of β-amino-alcohol motifs (C(OH)–C–C–N with tert-alkyl or cyclic N) is 1. The van der Waals surface area contributed by atoms with Gasteiger partial charge in [-0.05, 0) is 72.9 Å². The third-order valence-electron chi connectivity index (χ3n) is 10.7. The summed E-state index contributed by atoms with van der Waals surface area (Å²) in [6.45, 7) is 11.8. The molecule has 0 spiro atoms. The first-order valence-electron chi connectivity index (χ1n) is 21.5. The van der Waals surface area contributed by atoms with E-state index in [4.69, 9.17) is 28.7 Å². The number of aliphatic hydroxyl groups is 1. The highest BCUT2D eigenvalue weighted by Crippen LogP contribution is 2.33. The summed E-state index contributed by atoms with van der Waals surface area (Å²) in [5.74, 6) is -0.522. The smallest absolute Gasteiger partial charge is 0.246 e. The molecule has 1 aliphatic heterocycles. The average Bonchev–Trinajstić information content (AvgIpc) is 4.03. The van der Waals surface area contributed by atoms with E-state index in [9.17, 15) is 19.5 Å². The summed E-state index contributed by atoms with van der Waals surface area (Å²) in [6.07, 6.45) is -0.778. The molecular weight excluding hydrogens is 857 g/mol. The number of aryl methyl sites for hydroxylation is 1. The van der Waals surface area contributed by atoms with E-state index in [1.807, 2.05) is 102 Å². The van der Waals surface area contributed by atoms with Crippen LogP contribution in [0.15, 0.2) is 72.2 Å². The van der Waals surface area contributed by atoms with E-state index in [1.54, 1.807) is 22.7 Å². The van der Waals surface area contributed by atoms with Crippen molar-refractivity contribution in [1.29, 1.82) is 0 Å². The van der Waals surface area contributed by atoms with E-state index in [0.717, 1.165) is 53.9 Å². The highest BCUT2D eigenvalue weighted by Gasteiger charge is 2.44. The normalized spacial score (nSPS) is 16.1. The second-order valence-electron chi connectivity index (χ2n) is 16.6. The first-order chi connectivity index (χ1) is 30.8. The number of fused-ring (bicyclic) bond motifs is 1. The molecule has 2 aromatic heterocycles. The van der Waals surface area contributed by atoms with Gasteiger partial charge in [-0.25, -0.2) is 9.97 Å². The van der Waals surface area contributed by atoms with Crippen molar-refractivity contribution in [2.45, 2.75) is 65.3 Å². The van der Waals surface area contributed by atoms with Gasteiger partial charge in [-0.3, -0.25) is 14.4 Å². The Hall–Kier alpha value is -5.01. The summed E-state index contributed by atoms with van der Waals surface area (Å²) in [7, 11) is 1.90. The van der Waals surface area contributed by atoms with Crippen LogP contribution in [0.5, 0.6) is 5.75 Å². The zero-order valence-electron chi connectivity index (χ0n) is 37.4. The number of nitrogens with zero attached hydrogens (tertiary/aromatic N) is 3. The minimum absolute atomic E-state index is 0.0157. The Morgan fingerprint density at radius 2 is 1.50 bits per heavy atom. The van der Waals surface area contributed by atoms with Gasteiger partial charge in [0, 0.05) is 31.3 Å². The fourth-order valence-corrected chi connectivity index (χ4v) is 8.97. The zero-order valence-corrected chi connectivity index (χ0v) is 39.0. The number of anilines is 1. The molecular formula is C47H60N6O9S2. The van der Waals surface area contributed by atoms with Crippen LogP contribution < -0.4 is 20.7 Å². The van der Waals surface area contributed by atoms with Gasteiger partial charge in [-0.15, -0.1) is 22.7 Å². The highest BCUT2D eigenvalue weighted by molar-refractivity contribution is 7.21. The van der Waals surface area contributed by atoms with Crippen molar-refractivity contribution in [2.24, 2.45) is 5.41 Å².